The van der Waals surface area contributed by atoms with Crippen LogP contribution in [0.1, 0.15) is 27.9 Å². The summed E-state index contributed by atoms with van der Waals surface area (Å²) in [6.45, 7) is 1.37. The van der Waals surface area contributed by atoms with Crippen LogP contribution in [0.4, 0.5) is 5.82 Å². The summed E-state index contributed by atoms with van der Waals surface area (Å²) < 4.78 is 23.0. The summed E-state index contributed by atoms with van der Waals surface area (Å²) in [4.78, 5) is 18.5. The second-order valence-corrected chi connectivity index (χ2v) is 9.94. The van der Waals surface area contributed by atoms with Crippen LogP contribution in [0.5, 0.6) is 0 Å². The van der Waals surface area contributed by atoms with Crippen molar-refractivity contribution in [3.63, 3.8) is 0 Å². The topological polar surface area (TPSA) is 79.4 Å². The SMILES string of the molecule is O=C(c1ccc(NCC2CCc3ccccc3C2)nc1)N1CCS(=O)(=O)CC1. The highest BCUT2D eigenvalue weighted by molar-refractivity contribution is 7.91. The van der Waals surface area contributed by atoms with Crippen molar-refractivity contribution < 1.29 is 13.2 Å². The monoisotopic (exact) mass is 399 g/mol. The number of pyridine rings is 1. The second-order valence-electron chi connectivity index (χ2n) is 7.63. The van der Waals surface area contributed by atoms with Gasteiger partial charge in [-0.15, -0.1) is 0 Å². The molecule has 0 saturated carbocycles. The highest BCUT2D eigenvalue weighted by Crippen LogP contribution is 2.25. The average molecular weight is 400 g/mol. The zero-order valence-electron chi connectivity index (χ0n) is 15.8. The van der Waals surface area contributed by atoms with Gasteiger partial charge in [0.15, 0.2) is 9.84 Å². The van der Waals surface area contributed by atoms with Gasteiger partial charge in [-0.25, -0.2) is 13.4 Å². The largest absolute Gasteiger partial charge is 0.370 e. The third kappa shape index (κ3) is 4.35. The lowest BCUT2D eigenvalue weighted by atomic mass is 9.84. The number of nitrogens with one attached hydrogen (secondary N) is 1. The number of fused-ring (bicyclic) bond motifs is 1. The van der Waals surface area contributed by atoms with Gasteiger partial charge in [-0.2, -0.15) is 0 Å². The number of rotatable bonds is 4. The molecule has 0 bridgehead atoms. The minimum atomic E-state index is -2.99. The van der Waals surface area contributed by atoms with E-state index in [0.29, 0.717) is 11.5 Å². The molecule has 1 aromatic carbocycles. The summed E-state index contributed by atoms with van der Waals surface area (Å²) in [5.74, 6) is 1.26. The van der Waals surface area contributed by atoms with E-state index in [1.54, 1.807) is 17.2 Å². The Morgan fingerprint density at radius 1 is 1.11 bits per heavy atom. The number of carbonyl (C=O) groups is 1. The standard InChI is InChI=1S/C21H25N3O3S/c25-21(24-9-11-28(26,27)12-10-24)19-7-8-20(23-15-19)22-14-16-5-6-17-3-1-2-4-18(17)13-16/h1-4,7-8,15-16H,5-6,9-14H2,(H,22,23). The molecule has 0 radical (unpaired) electrons. The number of anilines is 1. The molecular weight excluding hydrogens is 374 g/mol. The first-order chi connectivity index (χ1) is 13.5. The number of hydrogen-bond acceptors (Lipinski definition) is 5. The maximum atomic E-state index is 12.5. The summed E-state index contributed by atoms with van der Waals surface area (Å²) in [5, 5.41) is 3.39. The minimum Gasteiger partial charge on any atom is -0.370 e. The Morgan fingerprint density at radius 2 is 1.86 bits per heavy atom. The molecule has 1 atom stereocenters. The molecule has 0 spiro atoms. The van der Waals surface area contributed by atoms with E-state index in [1.807, 2.05) is 6.07 Å². The number of aromatic nitrogens is 1. The van der Waals surface area contributed by atoms with E-state index >= 15 is 0 Å². The number of nitrogens with zero attached hydrogens (tertiary/aromatic N) is 2. The average Bonchev–Trinajstić information content (AvgIpc) is 2.72. The van der Waals surface area contributed by atoms with E-state index in [2.05, 4.69) is 34.6 Å². The lowest BCUT2D eigenvalue weighted by Gasteiger charge is -2.26. The predicted molar refractivity (Wildman–Crippen MR) is 109 cm³/mol. The quantitative estimate of drug-likeness (QED) is 0.852. The first-order valence-corrected chi connectivity index (χ1v) is 11.6. The molecule has 2 heterocycles. The fraction of sp³-hybridized carbons (Fsp3) is 0.429. The number of benzene rings is 1. The molecule has 1 aliphatic carbocycles. The van der Waals surface area contributed by atoms with Gasteiger partial charge in [-0.1, -0.05) is 24.3 Å². The van der Waals surface area contributed by atoms with Crippen LogP contribution in [0.25, 0.3) is 0 Å². The Bertz CT molecular complexity index is 943. The van der Waals surface area contributed by atoms with Crippen LogP contribution >= 0.6 is 0 Å². The Balaban J connectivity index is 1.31. The molecule has 4 rings (SSSR count). The Hall–Kier alpha value is -2.41. The van der Waals surface area contributed by atoms with Crippen LogP contribution in [-0.4, -0.2) is 55.3 Å². The van der Waals surface area contributed by atoms with Gasteiger partial charge in [0.2, 0.25) is 0 Å². The van der Waals surface area contributed by atoms with E-state index in [4.69, 9.17) is 0 Å². The van der Waals surface area contributed by atoms with Gasteiger partial charge in [0, 0.05) is 25.8 Å². The molecule has 1 unspecified atom stereocenters. The zero-order chi connectivity index (χ0) is 19.6. The molecule has 1 fully saturated rings. The molecule has 2 aromatic rings. The maximum Gasteiger partial charge on any atom is 0.255 e. The molecule has 1 aliphatic heterocycles. The number of aryl methyl sites for hydroxylation is 1. The molecule has 1 saturated heterocycles. The third-order valence-electron chi connectivity index (χ3n) is 5.66. The summed E-state index contributed by atoms with van der Waals surface area (Å²) in [6.07, 6.45) is 4.94. The second kappa shape index (κ2) is 7.91. The Labute approximate surface area is 165 Å². The van der Waals surface area contributed by atoms with Gasteiger partial charge < -0.3 is 10.2 Å². The minimum absolute atomic E-state index is 0.0380. The van der Waals surface area contributed by atoms with Gasteiger partial charge in [0.05, 0.1) is 17.1 Å². The van der Waals surface area contributed by atoms with Crippen molar-refractivity contribution >= 4 is 21.6 Å². The number of sulfone groups is 1. The van der Waals surface area contributed by atoms with Crippen LogP contribution < -0.4 is 5.32 Å². The van der Waals surface area contributed by atoms with E-state index in [0.717, 1.165) is 25.2 Å². The Kier molecular flexibility index (Phi) is 5.35. The van der Waals surface area contributed by atoms with Gasteiger partial charge >= 0.3 is 0 Å². The fourth-order valence-corrected chi connectivity index (χ4v) is 5.12. The first-order valence-electron chi connectivity index (χ1n) is 9.76. The lowest BCUT2D eigenvalue weighted by Crippen LogP contribution is -2.43. The molecular formula is C21H25N3O3S. The van der Waals surface area contributed by atoms with Crippen molar-refractivity contribution in [1.82, 2.24) is 9.88 Å². The third-order valence-corrected chi connectivity index (χ3v) is 7.27. The van der Waals surface area contributed by atoms with E-state index < -0.39 is 9.84 Å². The molecule has 28 heavy (non-hydrogen) atoms. The van der Waals surface area contributed by atoms with E-state index in [-0.39, 0.29) is 30.5 Å². The van der Waals surface area contributed by atoms with E-state index in [1.165, 1.54) is 17.5 Å². The molecule has 1 aromatic heterocycles. The maximum absolute atomic E-state index is 12.5. The van der Waals surface area contributed by atoms with Crippen molar-refractivity contribution in [3.8, 4) is 0 Å². The first kappa shape index (κ1) is 18.9. The van der Waals surface area contributed by atoms with Gasteiger partial charge in [-0.05, 0) is 48.4 Å². The molecule has 2 aliphatic rings. The van der Waals surface area contributed by atoms with Crippen LogP contribution in [0, 0.1) is 5.92 Å². The van der Waals surface area contributed by atoms with E-state index in [9.17, 15) is 13.2 Å². The fourth-order valence-electron chi connectivity index (χ4n) is 3.92. The highest BCUT2D eigenvalue weighted by atomic mass is 32.2. The molecule has 7 heteroatoms. The Morgan fingerprint density at radius 3 is 2.57 bits per heavy atom. The highest BCUT2D eigenvalue weighted by Gasteiger charge is 2.26. The smallest absolute Gasteiger partial charge is 0.255 e. The van der Waals surface area contributed by atoms with Crippen molar-refractivity contribution in [1.29, 1.82) is 0 Å². The van der Waals surface area contributed by atoms with Crippen molar-refractivity contribution in [2.75, 3.05) is 36.5 Å². The summed E-state index contributed by atoms with van der Waals surface area (Å²) >= 11 is 0. The van der Waals surface area contributed by atoms with Gasteiger partial charge in [0.25, 0.3) is 5.91 Å². The number of carbonyl (C=O) groups excluding carboxylic acids is 1. The summed E-state index contributed by atoms with van der Waals surface area (Å²) in [5.41, 5.74) is 3.40. The van der Waals surface area contributed by atoms with Gasteiger partial charge in [-0.3, -0.25) is 4.79 Å². The molecule has 1 amide bonds. The normalized spacial score (nSPS) is 21.0. The molecule has 1 N–H and O–H groups in total. The van der Waals surface area contributed by atoms with Crippen LogP contribution in [0.15, 0.2) is 42.6 Å². The van der Waals surface area contributed by atoms with Gasteiger partial charge in [0.1, 0.15) is 5.82 Å². The summed E-state index contributed by atoms with van der Waals surface area (Å²) in [7, 11) is -2.99. The zero-order valence-corrected chi connectivity index (χ0v) is 16.6. The number of amides is 1. The lowest BCUT2D eigenvalue weighted by molar-refractivity contribution is 0.0770. The van der Waals surface area contributed by atoms with Crippen LogP contribution in [0.2, 0.25) is 0 Å². The van der Waals surface area contributed by atoms with Crippen LogP contribution in [-0.2, 0) is 22.7 Å². The number of hydrogen-bond donors (Lipinski definition) is 1. The van der Waals surface area contributed by atoms with Crippen molar-refractivity contribution in [3.05, 3.63) is 59.3 Å². The van der Waals surface area contributed by atoms with Crippen molar-refractivity contribution in [2.24, 2.45) is 5.92 Å². The summed E-state index contributed by atoms with van der Waals surface area (Å²) in [6, 6.07) is 12.2. The van der Waals surface area contributed by atoms with Crippen LogP contribution in [0.3, 0.4) is 0 Å². The molecule has 148 valence electrons. The van der Waals surface area contributed by atoms with Crippen molar-refractivity contribution in [2.45, 2.75) is 19.3 Å². The predicted octanol–water partition coefficient (Wildman–Crippen LogP) is 2.17. The molecule has 6 nitrogen and oxygen atoms in total.